The molecule has 0 bridgehead atoms. The van der Waals surface area contributed by atoms with Crippen LogP contribution in [-0.2, 0) is 11.3 Å². The average Bonchev–Trinajstić information content (AvgIpc) is 2.68. The molecule has 0 aromatic heterocycles. The molecule has 2 aromatic carbocycles. The molecular weight excluding hydrogens is 389 g/mol. The molecule has 150 valence electrons. The third kappa shape index (κ3) is 5.65. The molecule has 1 amide bonds. The largest absolute Gasteiger partial charge is 0.446 e. The van der Waals surface area contributed by atoms with Gasteiger partial charge in [0.25, 0.3) is 5.91 Å². The van der Waals surface area contributed by atoms with E-state index in [1.165, 1.54) is 24.3 Å². The number of alkyl halides is 3. The van der Waals surface area contributed by atoms with Gasteiger partial charge in [0.15, 0.2) is 0 Å². The molecule has 1 heterocycles. The maximum absolute atomic E-state index is 12.5. The van der Waals surface area contributed by atoms with Crippen molar-refractivity contribution in [1.29, 1.82) is 0 Å². The first kappa shape index (κ1) is 20.5. The number of thioether (sulfide) groups is 1. The molecular formula is C20H21F3N2O2S. The van der Waals surface area contributed by atoms with E-state index in [1.807, 2.05) is 24.3 Å². The molecule has 8 heteroatoms. The minimum atomic E-state index is -4.34. The lowest BCUT2D eigenvalue weighted by Crippen LogP contribution is -2.36. The maximum Gasteiger partial charge on any atom is 0.446 e. The minimum absolute atomic E-state index is 0.0606. The summed E-state index contributed by atoms with van der Waals surface area (Å²) in [6.45, 7) is 3.58. The molecule has 0 radical (unpaired) electrons. The fourth-order valence-electron chi connectivity index (χ4n) is 3.00. The molecule has 0 spiro atoms. The Hall–Kier alpha value is -2.19. The van der Waals surface area contributed by atoms with E-state index in [-0.39, 0.29) is 22.6 Å². The molecule has 1 aliphatic heterocycles. The fraction of sp³-hybridized carbons (Fsp3) is 0.350. The van der Waals surface area contributed by atoms with Gasteiger partial charge in [0.2, 0.25) is 0 Å². The summed E-state index contributed by atoms with van der Waals surface area (Å²) in [4.78, 5) is 16.4. The number of halogens is 3. The van der Waals surface area contributed by atoms with Crippen LogP contribution in [0.5, 0.6) is 0 Å². The molecule has 3 rings (SSSR count). The standard InChI is InChI=1S/C20H21F3N2O2S/c1-24(19(26)16-4-8-18(9-5-16)28-20(21,22)23)14-15-2-6-17(7-3-15)25-10-12-27-13-11-25/h2-9H,10-14H2,1H3. The van der Waals surface area contributed by atoms with Crippen molar-refractivity contribution in [1.82, 2.24) is 4.90 Å². The average molecular weight is 410 g/mol. The van der Waals surface area contributed by atoms with Gasteiger partial charge in [-0.05, 0) is 53.7 Å². The van der Waals surface area contributed by atoms with Crippen LogP contribution in [0.1, 0.15) is 15.9 Å². The molecule has 1 fully saturated rings. The van der Waals surface area contributed by atoms with Crippen molar-refractivity contribution in [2.45, 2.75) is 16.9 Å². The van der Waals surface area contributed by atoms with E-state index >= 15 is 0 Å². The molecule has 0 atom stereocenters. The van der Waals surface area contributed by atoms with Crippen LogP contribution < -0.4 is 4.90 Å². The number of morpholine rings is 1. The molecule has 4 nitrogen and oxygen atoms in total. The van der Waals surface area contributed by atoms with E-state index in [9.17, 15) is 18.0 Å². The molecule has 2 aromatic rings. The second kappa shape index (κ2) is 8.87. The highest BCUT2D eigenvalue weighted by atomic mass is 32.2. The summed E-state index contributed by atoms with van der Waals surface area (Å²) in [5.41, 5.74) is -1.87. The Bertz CT molecular complexity index is 789. The first-order valence-electron chi connectivity index (χ1n) is 8.85. The van der Waals surface area contributed by atoms with Gasteiger partial charge in [0.1, 0.15) is 0 Å². The summed E-state index contributed by atoms with van der Waals surface area (Å²) in [6.07, 6.45) is 0. The minimum Gasteiger partial charge on any atom is -0.378 e. The van der Waals surface area contributed by atoms with Crippen LogP contribution >= 0.6 is 11.8 Å². The highest BCUT2D eigenvalue weighted by molar-refractivity contribution is 8.00. The quantitative estimate of drug-likeness (QED) is 0.684. The fourth-order valence-corrected chi connectivity index (χ4v) is 3.54. The Labute approximate surface area is 166 Å². The van der Waals surface area contributed by atoms with Crippen molar-refractivity contribution in [2.24, 2.45) is 0 Å². The van der Waals surface area contributed by atoms with Crippen LogP contribution in [0.4, 0.5) is 18.9 Å². The lowest BCUT2D eigenvalue weighted by atomic mass is 10.1. The first-order valence-corrected chi connectivity index (χ1v) is 9.66. The third-order valence-corrected chi connectivity index (χ3v) is 5.15. The van der Waals surface area contributed by atoms with Gasteiger partial charge < -0.3 is 14.5 Å². The molecule has 0 saturated carbocycles. The second-order valence-corrected chi connectivity index (χ2v) is 7.64. The van der Waals surface area contributed by atoms with Gasteiger partial charge in [-0.3, -0.25) is 4.79 Å². The van der Waals surface area contributed by atoms with E-state index in [4.69, 9.17) is 4.74 Å². The number of nitrogens with zero attached hydrogens (tertiary/aromatic N) is 2. The molecule has 1 saturated heterocycles. The van der Waals surface area contributed by atoms with Crippen molar-refractivity contribution in [2.75, 3.05) is 38.3 Å². The highest BCUT2D eigenvalue weighted by Gasteiger charge is 2.29. The van der Waals surface area contributed by atoms with Gasteiger partial charge >= 0.3 is 5.51 Å². The lowest BCUT2D eigenvalue weighted by molar-refractivity contribution is -0.0328. The number of hydrogen-bond acceptors (Lipinski definition) is 4. The Morgan fingerprint density at radius 3 is 2.25 bits per heavy atom. The predicted octanol–water partition coefficient (Wildman–Crippen LogP) is 4.41. The smallest absolute Gasteiger partial charge is 0.378 e. The first-order chi connectivity index (χ1) is 13.3. The number of hydrogen-bond donors (Lipinski definition) is 0. The van der Waals surface area contributed by atoms with Gasteiger partial charge in [-0.2, -0.15) is 13.2 Å². The Morgan fingerprint density at radius 1 is 1.07 bits per heavy atom. The topological polar surface area (TPSA) is 32.8 Å². The molecule has 1 aliphatic rings. The van der Waals surface area contributed by atoms with Crippen molar-refractivity contribution in [3.63, 3.8) is 0 Å². The lowest BCUT2D eigenvalue weighted by Gasteiger charge is -2.29. The number of benzene rings is 2. The van der Waals surface area contributed by atoms with Crippen LogP contribution in [0.3, 0.4) is 0 Å². The summed E-state index contributed by atoms with van der Waals surface area (Å²) in [7, 11) is 1.68. The molecule has 28 heavy (non-hydrogen) atoms. The van der Waals surface area contributed by atoms with Crippen LogP contribution in [0.15, 0.2) is 53.4 Å². The number of ether oxygens (including phenoxy) is 1. The van der Waals surface area contributed by atoms with Crippen molar-refractivity contribution >= 4 is 23.4 Å². The van der Waals surface area contributed by atoms with E-state index in [0.29, 0.717) is 12.1 Å². The van der Waals surface area contributed by atoms with Crippen molar-refractivity contribution in [3.8, 4) is 0 Å². The number of rotatable bonds is 5. The summed E-state index contributed by atoms with van der Waals surface area (Å²) in [5, 5.41) is 0. The van der Waals surface area contributed by atoms with Gasteiger partial charge in [-0.1, -0.05) is 12.1 Å². The van der Waals surface area contributed by atoms with Crippen molar-refractivity contribution < 1.29 is 22.7 Å². The summed E-state index contributed by atoms with van der Waals surface area (Å²) >= 11 is -0.192. The number of amides is 1. The summed E-state index contributed by atoms with van der Waals surface area (Å²) < 4.78 is 42.5. The summed E-state index contributed by atoms with van der Waals surface area (Å²) in [5.74, 6) is -0.235. The van der Waals surface area contributed by atoms with Crippen LogP contribution in [0.25, 0.3) is 0 Å². The second-order valence-electron chi connectivity index (χ2n) is 6.50. The highest BCUT2D eigenvalue weighted by Crippen LogP contribution is 2.36. The number of anilines is 1. The van der Waals surface area contributed by atoms with Crippen LogP contribution in [-0.4, -0.2) is 49.7 Å². The van der Waals surface area contributed by atoms with Gasteiger partial charge in [0.05, 0.1) is 13.2 Å². The summed E-state index contributed by atoms with van der Waals surface area (Å²) in [6, 6.07) is 13.5. The zero-order chi connectivity index (χ0) is 20.1. The SMILES string of the molecule is CN(Cc1ccc(N2CCOCC2)cc1)C(=O)c1ccc(SC(F)(F)F)cc1. The van der Waals surface area contributed by atoms with Crippen LogP contribution in [0.2, 0.25) is 0 Å². The third-order valence-electron chi connectivity index (χ3n) is 4.41. The zero-order valence-corrected chi connectivity index (χ0v) is 16.2. The van der Waals surface area contributed by atoms with E-state index in [1.54, 1.807) is 11.9 Å². The van der Waals surface area contributed by atoms with E-state index in [0.717, 1.165) is 37.6 Å². The van der Waals surface area contributed by atoms with E-state index < -0.39 is 5.51 Å². The number of carbonyl (C=O) groups is 1. The Balaban J connectivity index is 1.59. The van der Waals surface area contributed by atoms with Crippen molar-refractivity contribution in [3.05, 3.63) is 59.7 Å². The normalized spacial score (nSPS) is 14.8. The monoisotopic (exact) mass is 410 g/mol. The van der Waals surface area contributed by atoms with Gasteiger partial charge in [0, 0.05) is 42.8 Å². The Kier molecular flexibility index (Phi) is 6.51. The molecule has 0 N–H and O–H groups in total. The van der Waals surface area contributed by atoms with Crippen LogP contribution in [0, 0.1) is 0 Å². The Morgan fingerprint density at radius 2 is 1.68 bits per heavy atom. The van der Waals surface area contributed by atoms with Gasteiger partial charge in [-0.15, -0.1) is 0 Å². The predicted molar refractivity (Wildman–Crippen MR) is 104 cm³/mol. The molecule has 0 aliphatic carbocycles. The zero-order valence-electron chi connectivity index (χ0n) is 15.4. The molecule has 0 unspecified atom stereocenters. The van der Waals surface area contributed by atoms with E-state index in [2.05, 4.69) is 4.90 Å². The number of carbonyl (C=O) groups excluding carboxylic acids is 1. The van der Waals surface area contributed by atoms with Gasteiger partial charge in [-0.25, -0.2) is 0 Å². The maximum atomic E-state index is 12.5.